The van der Waals surface area contributed by atoms with Gasteiger partial charge in [0.15, 0.2) is 9.84 Å². The van der Waals surface area contributed by atoms with Gasteiger partial charge in [-0.05, 0) is 45.0 Å². The highest BCUT2D eigenvalue weighted by molar-refractivity contribution is 7.92. The first kappa shape index (κ1) is 18.0. The van der Waals surface area contributed by atoms with E-state index in [0.717, 1.165) is 16.8 Å². The summed E-state index contributed by atoms with van der Waals surface area (Å²) in [7, 11) is -3.30. The molecular weight excluding hydrogens is 348 g/mol. The Kier molecular flexibility index (Phi) is 4.73. The Morgan fingerprint density at radius 2 is 1.58 bits per heavy atom. The fraction of sp³-hybridized carbons (Fsp3) is 0.211. The van der Waals surface area contributed by atoms with Crippen molar-refractivity contribution < 1.29 is 8.42 Å². The van der Waals surface area contributed by atoms with Crippen molar-refractivity contribution in [3.05, 3.63) is 54.5 Å². The van der Waals surface area contributed by atoms with E-state index in [0.29, 0.717) is 22.1 Å². The number of benzene rings is 1. The third kappa shape index (κ3) is 3.43. The van der Waals surface area contributed by atoms with Crippen LogP contribution >= 0.6 is 0 Å². The molecule has 0 saturated carbocycles. The third-order valence-corrected chi connectivity index (χ3v) is 6.26. The number of nitrogens with zero attached hydrogens (tertiary/aromatic N) is 3. The van der Waals surface area contributed by atoms with Crippen LogP contribution in [0.15, 0.2) is 53.7 Å². The summed E-state index contributed by atoms with van der Waals surface area (Å²) in [6.45, 7) is 5.23. The predicted molar refractivity (Wildman–Crippen MR) is 102 cm³/mol. The average molecular weight is 368 g/mol. The van der Waals surface area contributed by atoms with E-state index in [9.17, 15) is 8.42 Å². The second kappa shape index (κ2) is 6.84. The standard InChI is InChI=1S/C19H20N4O2S/c1-12(2)26(24,25)16-8-6-14(7-9-16)17-11-22-19(20)18(23-17)15-5-4-13(3)21-10-15/h4-12H,1-3H3,(H2,20,22). The maximum absolute atomic E-state index is 12.2. The van der Waals surface area contributed by atoms with Gasteiger partial charge in [0.05, 0.1) is 22.0 Å². The fourth-order valence-corrected chi connectivity index (χ4v) is 3.51. The number of hydrogen-bond donors (Lipinski definition) is 1. The van der Waals surface area contributed by atoms with Crippen LogP contribution in [0.25, 0.3) is 22.5 Å². The molecule has 7 heteroatoms. The molecule has 6 nitrogen and oxygen atoms in total. The van der Waals surface area contributed by atoms with Crippen LogP contribution in [0.4, 0.5) is 5.82 Å². The quantitative estimate of drug-likeness (QED) is 0.759. The lowest BCUT2D eigenvalue weighted by Crippen LogP contribution is -2.13. The molecule has 0 unspecified atom stereocenters. The first-order valence-electron chi connectivity index (χ1n) is 8.19. The third-order valence-electron chi connectivity index (χ3n) is 4.08. The largest absolute Gasteiger partial charge is 0.382 e. The first-order chi connectivity index (χ1) is 12.3. The highest BCUT2D eigenvalue weighted by Crippen LogP contribution is 2.26. The van der Waals surface area contributed by atoms with E-state index in [2.05, 4.69) is 15.0 Å². The molecule has 2 N–H and O–H groups in total. The minimum atomic E-state index is -3.30. The van der Waals surface area contributed by atoms with E-state index in [1.54, 1.807) is 50.5 Å². The molecule has 2 heterocycles. The number of nitrogen functional groups attached to an aromatic ring is 1. The lowest BCUT2D eigenvalue weighted by atomic mass is 10.1. The highest BCUT2D eigenvalue weighted by Gasteiger charge is 2.19. The molecule has 0 radical (unpaired) electrons. The molecule has 0 amide bonds. The lowest BCUT2D eigenvalue weighted by molar-refractivity contribution is 0.587. The van der Waals surface area contributed by atoms with Gasteiger partial charge in [-0.1, -0.05) is 12.1 Å². The molecule has 134 valence electrons. The molecular formula is C19H20N4O2S. The van der Waals surface area contributed by atoms with E-state index in [4.69, 9.17) is 5.73 Å². The smallest absolute Gasteiger partial charge is 0.180 e. The van der Waals surface area contributed by atoms with Gasteiger partial charge in [0, 0.05) is 23.0 Å². The minimum Gasteiger partial charge on any atom is -0.382 e. The van der Waals surface area contributed by atoms with Crippen LogP contribution in [0.3, 0.4) is 0 Å². The highest BCUT2D eigenvalue weighted by atomic mass is 32.2. The van der Waals surface area contributed by atoms with Gasteiger partial charge in [-0.2, -0.15) is 0 Å². The normalized spacial score (nSPS) is 11.7. The summed E-state index contributed by atoms with van der Waals surface area (Å²) in [5.41, 5.74) is 9.58. The van der Waals surface area contributed by atoms with Crippen molar-refractivity contribution in [2.75, 3.05) is 5.73 Å². The summed E-state index contributed by atoms with van der Waals surface area (Å²) in [5.74, 6) is 0.318. The zero-order valence-corrected chi connectivity index (χ0v) is 15.7. The van der Waals surface area contributed by atoms with Crippen LogP contribution in [-0.4, -0.2) is 28.6 Å². The molecule has 26 heavy (non-hydrogen) atoms. The molecule has 0 aliphatic heterocycles. The van der Waals surface area contributed by atoms with Gasteiger partial charge in [0.2, 0.25) is 0 Å². The molecule has 0 aliphatic carbocycles. The van der Waals surface area contributed by atoms with Gasteiger partial charge >= 0.3 is 0 Å². The molecule has 0 bridgehead atoms. The van der Waals surface area contributed by atoms with E-state index in [1.807, 2.05) is 19.1 Å². The summed E-state index contributed by atoms with van der Waals surface area (Å²) < 4.78 is 24.5. The molecule has 0 spiro atoms. The minimum absolute atomic E-state index is 0.294. The summed E-state index contributed by atoms with van der Waals surface area (Å²) in [5, 5.41) is -0.467. The second-order valence-corrected chi connectivity index (χ2v) is 8.80. The Bertz CT molecular complexity index is 1030. The summed E-state index contributed by atoms with van der Waals surface area (Å²) in [6, 6.07) is 10.4. The van der Waals surface area contributed by atoms with E-state index in [1.165, 1.54) is 0 Å². The molecule has 0 fully saturated rings. The van der Waals surface area contributed by atoms with Gasteiger partial charge in [-0.25, -0.2) is 18.4 Å². The Morgan fingerprint density at radius 3 is 2.15 bits per heavy atom. The number of anilines is 1. The van der Waals surface area contributed by atoms with Crippen molar-refractivity contribution in [1.82, 2.24) is 15.0 Å². The Hall–Kier alpha value is -2.80. The Morgan fingerprint density at radius 1 is 0.923 bits per heavy atom. The molecule has 3 rings (SSSR count). The van der Waals surface area contributed by atoms with Gasteiger partial charge in [0.1, 0.15) is 11.5 Å². The van der Waals surface area contributed by atoms with Gasteiger partial charge in [0.25, 0.3) is 0 Å². The number of rotatable bonds is 4. The van der Waals surface area contributed by atoms with Crippen molar-refractivity contribution in [2.24, 2.45) is 0 Å². The zero-order chi connectivity index (χ0) is 18.9. The van der Waals surface area contributed by atoms with E-state index < -0.39 is 15.1 Å². The molecule has 0 atom stereocenters. The summed E-state index contributed by atoms with van der Waals surface area (Å²) in [4.78, 5) is 13.4. The van der Waals surface area contributed by atoms with Crippen molar-refractivity contribution in [1.29, 1.82) is 0 Å². The van der Waals surface area contributed by atoms with E-state index in [-0.39, 0.29) is 0 Å². The molecule has 0 saturated heterocycles. The van der Waals surface area contributed by atoms with Crippen molar-refractivity contribution in [2.45, 2.75) is 30.9 Å². The van der Waals surface area contributed by atoms with Gasteiger partial charge < -0.3 is 5.73 Å². The second-order valence-electron chi connectivity index (χ2n) is 6.30. The molecule has 1 aromatic carbocycles. The number of aryl methyl sites for hydroxylation is 1. The van der Waals surface area contributed by atoms with Gasteiger partial charge in [-0.3, -0.25) is 4.98 Å². The van der Waals surface area contributed by atoms with Crippen LogP contribution in [-0.2, 0) is 9.84 Å². The van der Waals surface area contributed by atoms with Crippen LogP contribution < -0.4 is 5.73 Å². The number of pyridine rings is 1. The number of aromatic nitrogens is 3. The van der Waals surface area contributed by atoms with Crippen LogP contribution in [0.5, 0.6) is 0 Å². The number of hydrogen-bond acceptors (Lipinski definition) is 6. The average Bonchev–Trinajstić information content (AvgIpc) is 2.63. The van der Waals surface area contributed by atoms with Crippen molar-refractivity contribution >= 4 is 15.7 Å². The van der Waals surface area contributed by atoms with Gasteiger partial charge in [-0.15, -0.1) is 0 Å². The Balaban J connectivity index is 2.00. The first-order valence-corrected chi connectivity index (χ1v) is 9.73. The number of sulfone groups is 1. The zero-order valence-electron chi connectivity index (χ0n) is 14.8. The van der Waals surface area contributed by atoms with E-state index >= 15 is 0 Å². The molecule has 2 aromatic heterocycles. The fourth-order valence-electron chi connectivity index (χ4n) is 2.45. The maximum Gasteiger partial charge on any atom is 0.180 e. The molecule has 3 aromatic rings. The SMILES string of the molecule is Cc1ccc(-c2nc(-c3ccc(S(=O)(=O)C(C)C)cc3)cnc2N)cn1. The lowest BCUT2D eigenvalue weighted by Gasteiger charge is -2.10. The predicted octanol–water partition coefficient (Wildman–Crippen LogP) is 3.28. The number of nitrogens with two attached hydrogens (primary N) is 1. The van der Waals surface area contributed by atoms with Crippen LogP contribution in [0.1, 0.15) is 19.5 Å². The molecule has 0 aliphatic rings. The monoisotopic (exact) mass is 368 g/mol. The van der Waals surface area contributed by atoms with Crippen LogP contribution in [0, 0.1) is 6.92 Å². The Labute approximate surface area is 153 Å². The van der Waals surface area contributed by atoms with Crippen LogP contribution in [0.2, 0.25) is 0 Å². The summed E-state index contributed by atoms with van der Waals surface area (Å²) in [6.07, 6.45) is 3.28. The van der Waals surface area contributed by atoms with Crippen molar-refractivity contribution in [3.8, 4) is 22.5 Å². The topological polar surface area (TPSA) is 98.8 Å². The summed E-state index contributed by atoms with van der Waals surface area (Å²) >= 11 is 0. The maximum atomic E-state index is 12.2. The van der Waals surface area contributed by atoms with Crippen molar-refractivity contribution in [3.63, 3.8) is 0 Å².